The minimum absolute atomic E-state index is 0.373. The SMILES string of the molecule is [C-]#[N+]c1cc(Cl)cc(Oc2c(Cl)ccc3c2cnn3Cc2nn(CCOC)c3nc(NCCOC)ccc23)c1. The summed E-state index contributed by atoms with van der Waals surface area (Å²) >= 11 is 12.7. The lowest BCUT2D eigenvalue weighted by molar-refractivity contribution is 0.184. The Hall–Kier alpha value is -3.88. The van der Waals surface area contributed by atoms with Gasteiger partial charge in [-0.2, -0.15) is 10.2 Å². The van der Waals surface area contributed by atoms with Gasteiger partial charge in [0.1, 0.15) is 11.6 Å². The summed E-state index contributed by atoms with van der Waals surface area (Å²) in [5.41, 5.74) is 2.76. The van der Waals surface area contributed by atoms with Gasteiger partial charge in [0.15, 0.2) is 17.1 Å². The molecule has 200 valence electrons. The van der Waals surface area contributed by atoms with E-state index in [1.165, 1.54) is 0 Å². The number of halogens is 2. The highest BCUT2D eigenvalue weighted by Crippen LogP contribution is 2.38. The van der Waals surface area contributed by atoms with E-state index in [4.69, 9.17) is 54.1 Å². The molecule has 0 atom stereocenters. The van der Waals surface area contributed by atoms with E-state index in [-0.39, 0.29) is 0 Å². The van der Waals surface area contributed by atoms with Crippen LogP contribution in [-0.2, 0) is 22.6 Å². The summed E-state index contributed by atoms with van der Waals surface area (Å²) in [6.45, 7) is 9.97. The monoisotopic (exact) mass is 565 g/mol. The number of hydrogen-bond donors (Lipinski definition) is 1. The van der Waals surface area contributed by atoms with Crippen LogP contribution < -0.4 is 10.1 Å². The van der Waals surface area contributed by atoms with E-state index in [0.29, 0.717) is 60.1 Å². The third kappa shape index (κ3) is 5.77. The maximum atomic E-state index is 7.29. The van der Waals surface area contributed by atoms with Crippen molar-refractivity contribution in [3.63, 3.8) is 0 Å². The maximum Gasteiger partial charge on any atom is 0.192 e. The molecule has 0 aliphatic rings. The number of nitrogens with zero attached hydrogens (tertiary/aromatic N) is 6. The summed E-state index contributed by atoms with van der Waals surface area (Å²) < 4.78 is 20.2. The van der Waals surface area contributed by atoms with Crippen LogP contribution in [0.5, 0.6) is 11.5 Å². The summed E-state index contributed by atoms with van der Waals surface area (Å²) in [4.78, 5) is 8.23. The summed E-state index contributed by atoms with van der Waals surface area (Å²) in [5.74, 6) is 1.59. The fraction of sp³-hybridized carbons (Fsp3) is 0.259. The molecular formula is C27H25Cl2N7O3. The highest BCUT2D eigenvalue weighted by atomic mass is 35.5. The van der Waals surface area contributed by atoms with Crippen molar-refractivity contribution in [1.82, 2.24) is 24.5 Å². The molecule has 1 N–H and O–H groups in total. The normalized spacial score (nSPS) is 11.3. The zero-order valence-corrected chi connectivity index (χ0v) is 22.8. The Bertz CT molecular complexity index is 1680. The topological polar surface area (TPSA) is 92.6 Å². The lowest BCUT2D eigenvalue weighted by Gasteiger charge is -2.10. The number of methoxy groups -OCH3 is 2. The van der Waals surface area contributed by atoms with E-state index in [1.54, 1.807) is 44.7 Å². The van der Waals surface area contributed by atoms with Gasteiger partial charge in [-0.3, -0.25) is 4.68 Å². The first-order valence-electron chi connectivity index (χ1n) is 12.1. The number of aromatic nitrogens is 5. The Kier molecular flexibility index (Phi) is 8.14. The fourth-order valence-corrected chi connectivity index (χ4v) is 4.63. The molecule has 0 unspecified atom stereocenters. The molecule has 5 aromatic rings. The number of ether oxygens (including phenoxy) is 3. The van der Waals surface area contributed by atoms with Crippen LogP contribution in [0, 0.1) is 6.57 Å². The molecule has 0 radical (unpaired) electrons. The minimum atomic E-state index is 0.373. The van der Waals surface area contributed by atoms with Crippen molar-refractivity contribution in [2.24, 2.45) is 0 Å². The van der Waals surface area contributed by atoms with E-state index in [1.807, 2.05) is 27.6 Å². The molecule has 12 heteroatoms. The number of rotatable bonds is 11. The third-order valence-corrected chi connectivity index (χ3v) is 6.54. The van der Waals surface area contributed by atoms with Crippen molar-refractivity contribution >= 4 is 56.6 Å². The van der Waals surface area contributed by atoms with Crippen molar-refractivity contribution in [2.45, 2.75) is 13.1 Å². The molecule has 2 aromatic carbocycles. The van der Waals surface area contributed by atoms with E-state index in [2.05, 4.69) is 15.3 Å². The lowest BCUT2D eigenvalue weighted by atomic mass is 10.2. The molecule has 0 aliphatic heterocycles. The average Bonchev–Trinajstić information content (AvgIpc) is 3.50. The van der Waals surface area contributed by atoms with Crippen molar-refractivity contribution < 1.29 is 14.2 Å². The number of pyridine rings is 1. The van der Waals surface area contributed by atoms with Gasteiger partial charge in [-0.05, 0) is 42.5 Å². The molecule has 10 nitrogen and oxygen atoms in total. The molecule has 0 saturated carbocycles. The third-order valence-electron chi connectivity index (χ3n) is 6.03. The number of fused-ring (bicyclic) bond motifs is 2. The van der Waals surface area contributed by atoms with E-state index < -0.39 is 0 Å². The van der Waals surface area contributed by atoms with Crippen LogP contribution in [0.15, 0.2) is 48.7 Å². The van der Waals surface area contributed by atoms with Gasteiger partial charge in [-0.25, -0.2) is 14.5 Å². The minimum Gasteiger partial charge on any atom is -0.456 e. The van der Waals surface area contributed by atoms with Crippen molar-refractivity contribution in [1.29, 1.82) is 0 Å². The Morgan fingerprint density at radius 2 is 1.85 bits per heavy atom. The van der Waals surface area contributed by atoms with Gasteiger partial charge in [0, 0.05) is 31.2 Å². The molecule has 3 aromatic heterocycles. The Labute approximate surface area is 234 Å². The Morgan fingerprint density at radius 3 is 2.64 bits per heavy atom. The highest BCUT2D eigenvalue weighted by Gasteiger charge is 2.18. The number of benzene rings is 2. The highest BCUT2D eigenvalue weighted by molar-refractivity contribution is 6.33. The average molecular weight is 566 g/mol. The van der Waals surface area contributed by atoms with E-state index in [9.17, 15) is 0 Å². The van der Waals surface area contributed by atoms with Crippen LogP contribution in [0.1, 0.15) is 5.69 Å². The van der Waals surface area contributed by atoms with Gasteiger partial charge in [0.25, 0.3) is 0 Å². The van der Waals surface area contributed by atoms with Crippen LogP contribution >= 0.6 is 23.2 Å². The lowest BCUT2D eigenvalue weighted by Crippen LogP contribution is -2.10. The maximum absolute atomic E-state index is 7.29. The first-order chi connectivity index (χ1) is 19.0. The van der Waals surface area contributed by atoms with Crippen LogP contribution in [0.3, 0.4) is 0 Å². The standard InChI is InChI=1S/C27H25Cl2N7O3/c1-30-18-12-17(28)13-19(14-18)39-26-21-15-32-36(24(21)6-5-22(26)29)16-23-20-4-7-25(31-8-10-37-2)33-27(20)35(34-23)9-11-38-3/h4-7,12-15H,8-11,16H2,2-3H3,(H,31,33). The largest absolute Gasteiger partial charge is 0.456 e. The summed E-state index contributed by atoms with van der Waals surface area (Å²) in [6, 6.07) is 12.4. The van der Waals surface area contributed by atoms with Crippen LogP contribution in [0.25, 0.3) is 26.8 Å². The predicted octanol–water partition coefficient (Wildman–Crippen LogP) is 6.18. The fourth-order valence-electron chi connectivity index (χ4n) is 4.21. The molecule has 0 fully saturated rings. The Morgan fingerprint density at radius 1 is 1.00 bits per heavy atom. The first-order valence-corrected chi connectivity index (χ1v) is 12.8. The van der Waals surface area contributed by atoms with Gasteiger partial charge in [0.2, 0.25) is 0 Å². The van der Waals surface area contributed by atoms with Gasteiger partial charge in [-0.1, -0.05) is 23.2 Å². The molecule has 0 amide bonds. The predicted molar refractivity (Wildman–Crippen MR) is 151 cm³/mol. The molecular weight excluding hydrogens is 541 g/mol. The molecule has 0 saturated heterocycles. The molecule has 0 bridgehead atoms. The zero-order valence-electron chi connectivity index (χ0n) is 21.3. The molecule has 3 heterocycles. The van der Waals surface area contributed by atoms with Crippen molar-refractivity contribution in [3.05, 3.63) is 75.8 Å². The second-order valence-electron chi connectivity index (χ2n) is 8.62. The first kappa shape index (κ1) is 26.7. The molecule has 0 aliphatic carbocycles. The molecule has 39 heavy (non-hydrogen) atoms. The quantitative estimate of drug-likeness (QED) is 0.151. The number of anilines is 1. The van der Waals surface area contributed by atoms with E-state index in [0.717, 1.165) is 33.4 Å². The summed E-state index contributed by atoms with van der Waals surface area (Å²) in [5, 5.41) is 15.2. The second-order valence-corrected chi connectivity index (χ2v) is 9.46. The number of nitrogens with one attached hydrogen (secondary N) is 1. The second kappa shape index (κ2) is 11.9. The summed E-state index contributed by atoms with van der Waals surface area (Å²) in [6.07, 6.45) is 1.71. The summed E-state index contributed by atoms with van der Waals surface area (Å²) in [7, 11) is 3.32. The Balaban J connectivity index is 1.49. The number of hydrogen-bond acceptors (Lipinski definition) is 7. The van der Waals surface area contributed by atoms with Gasteiger partial charge in [-0.15, -0.1) is 0 Å². The van der Waals surface area contributed by atoms with E-state index >= 15 is 0 Å². The van der Waals surface area contributed by atoms with Gasteiger partial charge < -0.3 is 19.5 Å². The van der Waals surface area contributed by atoms with Gasteiger partial charge >= 0.3 is 0 Å². The zero-order chi connectivity index (χ0) is 27.4. The van der Waals surface area contributed by atoms with Crippen LogP contribution in [-0.4, -0.2) is 58.5 Å². The van der Waals surface area contributed by atoms with Crippen LogP contribution in [0.4, 0.5) is 11.5 Å². The smallest absolute Gasteiger partial charge is 0.192 e. The van der Waals surface area contributed by atoms with Crippen molar-refractivity contribution in [2.75, 3.05) is 39.3 Å². The van der Waals surface area contributed by atoms with Crippen LogP contribution in [0.2, 0.25) is 10.0 Å². The van der Waals surface area contributed by atoms with Crippen molar-refractivity contribution in [3.8, 4) is 11.5 Å². The van der Waals surface area contributed by atoms with Gasteiger partial charge in [0.05, 0.1) is 60.7 Å². The molecule has 0 spiro atoms. The molecule has 5 rings (SSSR count).